The Balaban J connectivity index is 2.39. The molecule has 2 aromatic heterocycles. The van der Waals surface area contributed by atoms with Gasteiger partial charge in [-0.05, 0) is 45.4 Å². The molecule has 0 aliphatic carbocycles. The van der Waals surface area contributed by atoms with Crippen LogP contribution in [0.15, 0.2) is 12.1 Å². The highest BCUT2D eigenvalue weighted by molar-refractivity contribution is 5.38. The second kappa shape index (κ2) is 6.05. The highest BCUT2D eigenvalue weighted by atomic mass is 16.5. The fraction of sp³-hybridized carbons (Fsp3) is 0.467. The van der Waals surface area contributed by atoms with E-state index in [9.17, 15) is 0 Å². The first-order valence-corrected chi connectivity index (χ1v) is 6.93. The summed E-state index contributed by atoms with van der Waals surface area (Å²) in [4.78, 5) is 4.52. The summed E-state index contributed by atoms with van der Waals surface area (Å²) < 4.78 is 7.84. The number of nitrogens with zero attached hydrogens (tertiary/aromatic N) is 3. The maximum atomic E-state index is 6.07. The molecule has 0 spiro atoms. The van der Waals surface area contributed by atoms with Gasteiger partial charge in [-0.25, -0.2) is 4.68 Å². The van der Waals surface area contributed by atoms with E-state index in [2.05, 4.69) is 17.0 Å². The number of pyridine rings is 1. The van der Waals surface area contributed by atoms with E-state index >= 15 is 0 Å². The van der Waals surface area contributed by atoms with Gasteiger partial charge >= 0.3 is 0 Å². The molecule has 0 bridgehead atoms. The second-order valence-corrected chi connectivity index (χ2v) is 4.88. The largest absolute Gasteiger partial charge is 0.437 e. The van der Waals surface area contributed by atoms with Crippen LogP contribution in [-0.2, 0) is 19.9 Å². The molecule has 108 valence electrons. The lowest BCUT2D eigenvalue weighted by Gasteiger charge is -2.11. The van der Waals surface area contributed by atoms with E-state index < -0.39 is 0 Å². The van der Waals surface area contributed by atoms with Gasteiger partial charge in [0.1, 0.15) is 0 Å². The summed E-state index contributed by atoms with van der Waals surface area (Å²) in [6.07, 6.45) is 1.59. The Morgan fingerprint density at radius 3 is 2.70 bits per heavy atom. The lowest BCUT2D eigenvalue weighted by atomic mass is 10.2. The fourth-order valence-corrected chi connectivity index (χ4v) is 2.29. The van der Waals surface area contributed by atoms with Gasteiger partial charge in [-0.2, -0.15) is 5.10 Å². The number of rotatable bonds is 5. The topological polar surface area (TPSA) is 66.0 Å². The first-order valence-electron chi connectivity index (χ1n) is 6.93. The summed E-state index contributed by atoms with van der Waals surface area (Å²) in [6.45, 7) is 6.61. The number of hydrogen-bond donors (Lipinski definition) is 1. The molecule has 0 aliphatic heterocycles. The molecule has 5 heteroatoms. The minimum absolute atomic E-state index is 0.579. The Labute approximate surface area is 119 Å². The van der Waals surface area contributed by atoms with E-state index in [4.69, 9.17) is 10.5 Å². The highest BCUT2D eigenvalue weighted by Crippen LogP contribution is 2.29. The van der Waals surface area contributed by atoms with Crippen LogP contribution >= 0.6 is 0 Å². The van der Waals surface area contributed by atoms with Gasteiger partial charge in [-0.1, -0.05) is 6.92 Å². The molecule has 5 nitrogen and oxygen atoms in total. The molecule has 0 amide bonds. The maximum Gasteiger partial charge on any atom is 0.221 e. The van der Waals surface area contributed by atoms with Crippen LogP contribution in [0.1, 0.15) is 29.6 Å². The summed E-state index contributed by atoms with van der Waals surface area (Å²) in [6, 6.07) is 3.93. The van der Waals surface area contributed by atoms with Crippen molar-refractivity contribution in [2.75, 3.05) is 6.54 Å². The Kier molecular flexibility index (Phi) is 4.39. The quantitative estimate of drug-likeness (QED) is 0.908. The van der Waals surface area contributed by atoms with Gasteiger partial charge in [0, 0.05) is 18.3 Å². The molecular formula is C15H22N4O. The number of aromatic nitrogens is 3. The summed E-state index contributed by atoms with van der Waals surface area (Å²) in [7, 11) is 1.88. The van der Waals surface area contributed by atoms with Crippen molar-refractivity contribution in [2.24, 2.45) is 12.8 Å². The van der Waals surface area contributed by atoms with Crippen molar-refractivity contribution in [1.29, 1.82) is 0 Å². The molecule has 2 heterocycles. The van der Waals surface area contributed by atoms with Gasteiger partial charge in [0.05, 0.1) is 11.4 Å². The molecule has 0 fully saturated rings. The normalized spacial score (nSPS) is 10.8. The van der Waals surface area contributed by atoms with Crippen molar-refractivity contribution in [1.82, 2.24) is 14.8 Å². The van der Waals surface area contributed by atoms with E-state index in [0.717, 1.165) is 47.1 Å². The van der Waals surface area contributed by atoms with Gasteiger partial charge in [0.2, 0.25) is 5.88 Å². The highest BCUT2D eigenvalue weighted by Gasteiger charge is 2.16. The third kappa shape index (κ3) is 2.82. The first kappa shape index (κ1) is 14.5. The molecule has 20 heavy (non-hydrogen) atoms. The zero-order valence-corrected chi connectivity index (χ0v) is 12.6. The molecule has 2 N–H and O–H groups in total. The average molecular weight is 274 g/mol. The van der Waals surface area contributed by atoms with Crippen molar-refractivity contribution < 1.29 is 4.74 Å². The molecular weight excluding hydrogens is 252 g/mol. The molecule has 2 rings (SSSR count). The van der Waals surface area contributed by atoms with Gasteiger partial charge in [0.25, 0.3) is 0 Å². The van der Waals surface area contributed by atoms with Gasteiger partial charge in [-0.3, -0.25) is 4.98 Å². The van der Waals surface area contributed by atoms with Gasteiger partial charge in [0.15, 0.2) is 5.75 Å². The minimum Gasteiger partial charge on any atom is -0.437 e. The Bertz CT molecular complexity index is 604. The predicted molar refractivity (Wildman–Crippen MR) is 79.1 cm³/mol. The van der Waals surface area contributed by atoms with E-state index in [1.807, 2.05) is 33.0 Å². The van der Waals surface area contributed by atoms with Gasteiger partial charge in [-0.15, -0.1) is 0 Å². The van der Waals surface area contributed by atoms with E-state index in [-0.39, 0.29) is 0 Å². The third-order valence-electron chi connectivity index (χ3n) is 3.30. The molecule has 0 atom stereocenters. The Hall–Kier alpha value is -1.88. The third-order valence-corrected chi connectivity index (χ3v) is 3.30. The maximum absolute atomic E-state index is 6.07. The van der Waals surface area contributed by atoms with Crippen molar-refractivity contribution in [2.45, 2.75) is 33.6 Å². The van der Waals surface area contributed by atoms with Crippen LogP contribution in [0.4, 0.5) is 0 Å². The number of aryl methyl sites for hydroxylation is 4. The molecule has 0 radical (unpaired) electrons. The van der Waals surface area contributed by atoms with Crippen molar-refractivity contribution in [3.05, 3.63) is 34.8 Å². The molecule has 0 saturated carbocycles. The smallest absolute Gasteiger partial charge is 0.221 e. The van der Waals surface area contributed by atoms with E-state index in [1.165, 1.54) is 0 Å². The number of hydrogen-bond acceptors (Lipinski definition) is 4. The van der Waals surface area contributed by atoms with Crippen LogP contribution in [0, 0.1) is 13.8 Å². The lowest BCUT2D eigenvalue weighted by Crippen LogP contribution is -2.05. The minimum atomic E-state index is 0.579. The number of ether oxygens (including phenoxy) is 1. The SMILES string of the molecule is CCc1nc(C)ccc1Oc1c(CCN)c(C)nn1C. The molecule has 0 aliphatic rings. The van der Waals surface area contributed by atoms with E-state index in [0.29, 0.717) is 6.54 Å². The van der Waals surface area contributed by atoms with Crippen LogP contribution < -0.4 is 10.5 Å². The molecule has 0 unspecified atom stereocenters. The Morgan fingerprint density at radius 2 is 2.05 bits per heavy atom. The van der Waals surface area contributed by atoms with Crippen LogP contribution in [0.3, 0.4) is 0 Å². The molecule has 0 saturated heterocycles. The zero-order valence-electron chi connectivity index (χ0n) is 12.6. The van der Waals surface area contributed by atoms with E-state index in [1.54, 1.807) is 4.68 Å². The van der Waals surface area contributed by atoms with Crippen LogP contribution in [-0.4, -0.2) is 21.3 Å². The monoisotopic (exact) mass is 274 g/mol. The standard InChI is InChI=1S/C15H22N4O/c1-5-13-14(7-6-10(2)17-13)20-15-12(8-9-16)11(3)18-19(15)4/h6-7H,5,8-9,16H2,1-4H3. The van der Waals surface area contributed by atoms with Crippen LogP contribution in [0.2, 0.25) is 0 Å². The lowest BCUT2D eigenvalue weighted by molar-refractivity contribution is 0.419. The molecule has 2 aromatic rings. The van der Waals surface area contributed by atoms with Crippen LogP contribution in [0.25, 0.3) is 0 Å². The van der Waals surface area contributed by atoms with Crippen molar-refractivity contribution >= 4 is 0 Å². The van der Waals surface area contributed by atoms with Crippen molar-refractivity contribution in [3.63, 3.8) is 0 Å². The summed E-state index contributed by atoms with van der Waals surface area (Å²) in [5.74, 6) is 1.55. The van der Waals surface area contributed by atoms with Crippen molar-refractivity contribution in [3.8, 4) is 11.6 Å². The zero-order chi connectivity index (χ0) is 14.7. The number of nitrogens with two attached hydrogens (primary N) is 1. The summed E-state index contributed by atoms with van der Waals surface area (Å²) >= 11 is 0. The Morgan fingerprint density at radius 1 is 1.30 bits per heavy atom. The van der Waals surface area contributed by atoms with Gasteiger partial charge < -0.3 is 10.5 Å². The molecule has 0 aromatic carbocycles. The summed E-state index contributed by atoms with van der Waals surface area (Å²) in [5.41, 5.74) is 9.66. The second-order valence-electron chi connectivity index (χ2n) is 4.88. The fourth-order valence-electron chi connectivity index (χ4n) is 2.29. The average Bonchev–Trinajstić information content (AvgIpc) is 2.68. The first-order chi connectivity index (χ1) is 9.56. The summed E-state index contributed by atoms with van der Waals surface area (Å²) in [5, 5.41) is 4.41. The predicted octanol–water partition coefficient (Wildman–Crippen LogP) is 2.29. The van der Waals surface area contributed by atoms with Crippen LogP contribution in [0.5, 0.6) is 11.6 Å².